The molecular formula is C44H39BrN2O6S. The molecule has 0 bridgehead atoms. The molecule has 0 aliphatic heterocycles. The van der Waals surface area contributed by atoms with Crippen LogP contribution in [0.25, 0.3) is 11.1 Å². The number of hydrogen-bond donors (Lipinski definition) is 0. The molecule has 0 spiro atoms. The number of hydrogen-bond acceptors (Lipinski definition) is 6. The average Bonchev–Trinajstić information content (AvgIpc) is 3.19. The van der Waals surface area contributed by atoms with Crippen LogP contribution in [-0.4, -0.2) is 38.2 Å². The van der Waals surface area contributed by atoms with E-state index in [2.05, 4.69) is 15.9 Å². The van der Waals surface area contributed by atoms with E-state index >= 15 is 0 Å². The molecule has 0 saturated carbocycles. The van der Waals surface area contributed by atoms with Crippen LogP contribution in [0.1, 0.15) is 32.6 Å². The van der Waals surface area contributed by atoms with Crippen molar-refractivity contribution in [2.45, 2.75) is 31.6 Å². The summed E-state index contributed by atoms with van der Waals surface area (Å²) in [4.78, 5) is 29.3. The first-order valence-electron chi connectivity index (χ1n) is 17.3. The second-order valence-corrected chi connectivity index (χ2v) is 15.7. The van der Waals surface area contributed by atoms with Crippen molar-refractivity contribution in [2.24, 2.45) is 0 Å². The molecule has 0 heterocycles. The lowest BCUT2D eigenvalue weighted by atomic mass is 10.0. The zero-order chi connectivity index (χ0) is 38.1. The Balaban J connectivity index is 1.33. The Morgan fingerprint density at radius 2 is 1.24 bits per heavy atom. The van der Waals surface area contributed by atoms with Gasteiger partial charge in [0.1, 0.15) is 24.5 Å². The van der Waals surface area contributed by atoms with Crippen molar-refractivity contribution in [3.8, 4) is 16.9 Å². The Labute approximate surface area is 324 Å². The molecule has 1 amide bonds. The van der Waals surface area contributed by atoms with Gasteiger partial charge in [-0.25, -0.2) is 13.2 Å². The van der Waals surface area contributed by atoms with E-state index in [0.29, 0.717) is 5.69 Å². The summed E-state index contributed by atoms with van der Waals surface area (Å²) >= 11 is 3.48. The van der Waals surface area contributed by atoms with Gasteiger partial charge in [-0.15, -0.1) is 0 Å². The lowest BCUT2D eigenvalue weighted by Gasteiger charge is -2.27. The maximum Gasteiger partial charge on any atom is 0.342 e. The average molecular weight is 804 g/mol. The second-order valence-electron chi connectivity index (χ2n) is 12.8. The number of benzene rings is 6. The molecule has 0 saturated heterocycles. The van der Waals surface area contributed by atoms with Crippen LogP contribution < -0.4 is 9.64 Å². The Morgan fingerprint density at radius 3 is 1.85 bits per heavy atom. The number of amides is 1. The number of carbonyl (C=O) groups excluding carboxylic acids is 2. The largest absolute Gasteiger partial charge is 0.488 e. The Hall–Kier alpha value is -5.55. The predicted octanol–water partition coefficient (Wildman–Crippen LogP) is 9.21. The molecule has 54 heavy (non-hydrogen) atoms. The summed E-state index contributed by atoms with van der Waals surface area (Å²) in [5.74, 6) is -0.837. The molecule has 8 nitrogen and oxygen atoms in total. The van der Waals surface area contributed by atoms with Gasteiger partial charge < -0.3 is 14.4 Å². The van der Waals surface area contributed by atoms with Crippen LogP contribution in [0, 0.1) is 6.92 Å². The highest BCUT2D eigenvalue weighted by Crippen LogP contribution is 2.30. The summed E-state index contributed by atoms with van der Waals surface area (Å²) in [6.07, 6.45) is 0. The summed E-state index contributed by atoms with van der Waals surface area (Å²) in [7, 11) is -2.59. The normalized spacial score (nSPS) is 11.3. The van der Waals surface area contributed by atoms with Crippen LogP contribution in [0.5, 0.6) is 5.75 Å². The molecule has 0 fully saturated rings. The van der Waals surface area contributed by atoms with E-state index < -0.39 is 28.4 Å². The first-order valence-corrected chi connectivity index (χ1v) is 19.5. The number of ether oxygens (including phenoxy) is 2. The van der Waals surface area contributed by atoms with Gasteiger partial charge >= 0.3 is 5.97 Å². The first-order chi connectivity index (χ1) is 26.1. The molecule has 0 aromatic heterocycles. The first kappa shape index (κ1) is 38.2. The van der Waals surface area contributed by atoms with Crippen LogP contribution >= 0.6 is 15.9 Å². The number of likely N-dealkylation sites (N-methyl/N-ethyl adjacent to an activating group) is 1. The van der Waals surface area contributed by atoms with E-state index in [1.54, 1.807) is 30.3 Å². The summed E-state index contributed by atoms with van der Waals surface area (Å²) < 4.78 is 41.0. The van der Waals surface area contributed by atoms with Gasteiger partial charge in [0.05, 0.1) is 18.0 Å². The third kappa shape index (κ3) is 9.70. The third-order valence-corrected chi connectivity index (χ3v) is 11.2. The zero-order valence-corrected chi connectivity index (χ0v) is 32.3. The molecule has 0 aliphatic rings. The maximum atomic E-state index is 14.3. The molecule has 0 unspecified atom stereocenters. The molecule has 6 aromatic rings. The lowest BCUT2D eigenvalue weighted by molar-refractivity contribution is -0.118. The Bertz CT molecular complexity index is 2300. The fourth-order valence-corrected chi connectivity index (χ4v) is 7.09. The van der Waals surface area contributed by atoms with Gasteiger partial charge in [0.2, 0.25) is 15.9 Å². The summed E-state index contributed by atoms with van der Waals surface area (Å²) in [5, 5.41) is 0. The number of nitrogens with zero attached hydrogens (tertiary/aromatic N) is 2. The Kier molecular flexibility index (Phi) is 12.4. The van der Waals surface area contributed by atoms with Crippen molar-refractivity contribution < 1.29 is 27.5 Å². The van der Waals surface area contributed by atoms with Crippen molar-refractivity contribution in [1.29, 1.82) is 0 Å². The van der Waals surface area contributed by atoms with Crippen LogP contribution in [0.15, 0.2) is 161 Å². The number of anilines is 1. The number of rotatable bonds is 14. The van der Waals surface area contributed by atoms with E-state index in [1.807, 2.05) is 116 Å². The molecule has 0 atom stereocenters. The van der Waals surface area contributed by atoms with Gasteiger partial charge in [-0.05, 0) is 71.1 Å². The number of aryl methyl sites for hydroxylation is 1. The minimum absolute atomic E-state index is 0.0716. The van der Waals surface area contributed by atoms with Crippen molar-refractivity contribution in [2.75, 3.05) is 18.5 Å². The standard InChI is InChI=1S/C44H39BrN2O6S/c1-32-13-24-40(25-14-32)54(50,51)46(2)29-43(48)47(28-33-15-17-36(18-16-33)37-19-21-38(45)22-20-37)39-23-26-41(44(49)53-31-35-11-7-4-8-12-35)42(27-39)52-30-34-9-5-3-6-10-34/h3-27H,28-31H2,1-2H3. The van der Waals surface area contributed by atoms with E-state index in [0.717, 1.165) is 42.2 Å². The van der Waals surface area contributed by atoms with Gasteiger partial charge in [-0.1, -0.05) is 131 Å². The third-order valence-electron chi connectivity index (χ3n) is 8.81. The molecule has 0 aliphatic carbocycles. The van der Waals surface area contributed by atoms with E-state index in [-0.39, 0.29) is 36.0 Å². The fraction of sp³-hybridized carbons (Fsp3) is 0.136. The van der Waals surface area contributed by atoms with Crippen molar-refractivity contribution in [3.63, 3.8) is 0 Å². The van der Waals surface area contributed by atoms with Crippen molar-refractivity contribution >= 4 is 43.5 Å². The quantitative estimate of drug-likeness (QED) is 0.102. The summed E-state index contributed by atoms with van der Waals surface area (Å²) in [6, 6.07) is 46.1. The predicted molar refractivity (Wildman–Crippen MR) is 215 cm³/mol. The number of sulfonamides is 1. The molecule has 0 N–H and O–H groups in total. The monoisotopic (exact) mass is 802 g/mol. The highest BCUT2D eigenvalue weighted by atomic mass is 79.9. The minimum atomic E-state index is -3.98. The highest BCUT2D eigenvalue weighted by molar-refractivity contribution is 9.10. The fourth-order valence-electron chi connectivity index (χ4n) is 5.71. The van der Waals surface area contributed by atoms with Gasteiger partial charge in [0, 0.05) is 23.3 Å². The van der Waals surface area contributed by atoms with Crippen LogP contribution in [0.4, 0.5) is 5.69 Å². The molecule has 274 valence electrons. The van der Waals surface area contributed by atoms with E-state index in [9.17, 15) is 18.0 Å². The van der Waals surface area contributed by atoms with Crippen LogP contribution in [0.3, 0.4) is 0 Å². The van der Waals surface area contributed by atoms with E-state index in [4.69, 9.17) is 9.47 Å². The number of halogens is 1. The SMILES string of the molecule is Cc1ccc(S(=O)(=O)N(C)CC(=O)N(Cc2ccc(-c3ccc(Br)cc3)cc2)c2ccc(C(=O)OCc3ccccc3)c(OCc3ccccc3)c2)cc1. The molecule has 0 radical (unpaired) electrons. The van der Waals surface area contributed by atoms with Crippen molar-refractivity contribution in [1.82, 2.24) is 4.31 Å². The van der Waals surface area contributed by atoms with Gasteiger partial charge in [0.15, 0.2) is 0 Å². The lowest BCUT2D eigenvalue weighted by Crippen LogP contribution is -2.41. The van der Waals surface area contributed by atoms with E-state index in [1.165, 1.54) is 24.1 Å². The minimum Gasteiger partial charge on any atom is -0.488 e. The second kappa shape index (κ2) is 17.5. The summed E-state index contributed by atoms with van der Waals surface area (Å²) in [5.41, 5.74) is 6.10. The highest BCUT2D eigenvalue weighted by Gasteiger charge is 2.27. The molecule has 6 rings (SSSR count). The van der Waals surface area contributed by atoms with Crippen LogP contribution in [0.2, 0.25) is 0 Å². The smallest absolute Gasteiger partial charge is 0.342 e. The zero-order valence-electron chi connectivity index (χ0n) is 29.9. The van der Waals surface area contributed by atoms with Crippen LogP contribution in [-0.2, 0) is 39.3 Å². The number of esters is 1. The van der Waals surface area contributed by atoms with Crippen molar-refractivity contribution in [3.05, 3.63) is 184 Å². The number of carbonyl (C=O) groups is 2. The molecule has 6 aromatic carbocycles. The summed E-state index contributed by atoms with van der Waals surface area (Å²) in [6.45, 7) is 1.79. The van der Waals surface area contributed by atoms with Gasteiger partial charge in [0.25, 0.3) is 0 Å². The molecule has 10 heteroatoms. The topological polar surface area (TPSA) is 93.2 Å². The molecular weight excluding hydrogens is 764 g/mol. The van der Waals surface area contributed by atoms with Gasteiger partial charge in [-0.2, -0.15) is 4.31 Å². The Morgan fingerprint density at radius 1 is 0.667 bits per heavy atom. The maximum absolute atomic E-state index is 14.3. The van der Waals surface area contributed by atoms with Gasteiger partial charge in [-0.3, -0.25) is 4.79 Å².